The third kappa shape index (κ3) is 6.48. The van der Waals surface area contributed by atoms with Gasteiger partial charge in [-0.3, -0.25) is 4.79 Å². The van der Waals surface area contributed by atoms with E-state index in [1.54, 1.807) is 0 Å². The number of hydrogen-bond acceptors (Lipinski definition) is 3. The molecule has 0 aliphatic rings. The molecule has 4 nitrogen and oxygen atoms in total. The van der Waals surface area contributed by atoms with Gasteiger partial charge in [-0.25, -0.2) is 0 Å². The monoisotopic (exact) mass is 332 g/mol. The van der Waals surface area contributed by atoms with Crippen molar-refractivity contribution in [2.24, 2.45) is 11.7 Å². The molecule has 7 heteroatoms. The second-order valence-electron chi connectivity index (χ2n) is 6.02. The molecule has 1 aromatic rings. The standard InChI is InChI=1S/C16H23F3N2O2/c1-11(2)15(3,10-20)21-14(22)9-6-12-4-7-13(8-5-12)23-16(17,18)19/h4-5,7-8,11H,6,9-10,20H2,1-3H3,(H,21,22). The van der Waals surface area contributed by atoms with E-state index in [1.807, 2.05) is 20.8 Å². The molecule has 0 fully saturated rings. The minimum atomic E-state index is -4.70. The summed E-state index contributed by atoms with van der Waals surface area (Å²) in [6.45, 7) is 6.18. The summed E-state index contributed by atoms with van der Waals surface area (Å²) in [6, 6.07) is 5.50. The van der Waals surface area contributed by atoms with E-state index in [0.717, 1.165) is 5.56 Å². The lowest BCUT2D eigenvalue weighted by molar-refractivity contribution is -0.274. The Morgan fingerprint density at radius 2 is 1.83 bits per heavy atom. The quantitative estimate of drug-likeness (QED) is 0.807. The number of carbonyl (C=O) groups is 1. The molecular weight excluding hydrogens is 309 g/mol. The van der Waals surface area contributed by atoms with E-state index in [0.29, 0.717) is 13.0 Å². The molecule has 1 rings (SSSR count). The number of rotatable bonds is 7. The van der Waals surface area contributed by atoms with E-state index in [4.69, 9.17) is 5.73 Å². The van der Waals surface area contributed by atoms with Gasteiger partial charge in [-0.15, -0.1) is 13.2 Å². The fourth-order valence-corrected chi connectivity index (χ4v) is 1.93. The van der Waals surface area contributed by atoms with Crippen molar-refractivity contribution >= 4 is 5.91 Å². The molecule has 1 unspecified atom stereocenters. The zero-order chi connectivity index (χ0) is 17.7. The van der Waals surface area contributed by atoms with Gasteiger partial charge in [0.1, 0.15) is 5.75 Å². The third-order valence-corrected chi connectivity index (χ3v) is 3.92. The molecule has 0 spiro atoms. The molecule has 0 heterocycles. The predicted octanol–water partition coefficient (Wildman–Crippen LogP) is 3.01. The van der Waals surface area contributed by atoms with Crippen LogP contribution in [0.3, 0.4) is 0 Å². The molecule has 0 saturated carbocycles. The van der Waals surface area contributed by atoms with Gasteiger partial charge in [-0.05, 0) is 37.0 Å². The molecule has 1 aromatic carbocycles. The van der Waals surface area contributed by atoms with Crippen molar-refractivity contribution in [3.63, 3.8) is 0 Å². The average molecular weight is 332 g/mol. The van der Waals surface area contributed by atoms with Crippen LogP contribution in [0.2, 0.25) is 0 Å². The predicted molar refractivity (Wildman–Crippen MR) is 81.9 cm³/mol. The van der Waals surface area contributed by atoms with Gasteiger partial charge in [-0.2, -0.15) is 0 Å². The van der Waals surface area contributed by atoms with Crippen LogP contribution in [0.1, 0.15) is 32.8 Å². The van der Waals surface area contributed by atoms with Gasteiger partial charge < -0.3 is 15.8 Å². The number of benzene rings is 1. The fraction of sp³-hybridized carbons (Fsp3) is 0.562. The maximum atomic E-state index is 12.1. The lowest BCUT2D eigenvalue weighted by Gasteiger charge is -2.33. The Bertz CT molecular complexity index is 515. The molecule has 0 saturated heterocycles. The number of aryl methyl sites for hydroxylation is 1. The topological polar surface area (TPSA) is 64.3 Å². The van der Waals surface area contributed by atoms with E-state index >= 15 is 0 Å². The van der Waals surface area contributed by atoms with Crippen molar-refractivity contribution in [1.29, 1.82) is 0 Å². The Labute approximate surface area is 134 Å². The summed E-state index contributed by atoms with van der Waals surface area (Å²) in [5.41, 5.74) is 6.00. The van der Waals surface area contributed by atoms with Crippen LogP contribution in [0.4, 0.5) is 13.2 Å². The first-order valence-electron chi connectivity index (χ1n) is 7.41. The van der Waals surface area contributed by atoms with Crippen LogP contribution in [0.25, 0.3) is 0 Å². The SMILES string of the molecule is CC(C)C(C)(CN)NC(=O)CCc1ccc(OC(F)(F)F)cc1. The van der Waals surface area contributed by atoms with Gasteiger partial charge in [0.15, 0.2) is 0 Å². The molecule has 1 atom stereocenters. The number of ether oxygens (including phenoxy) is 1. The second-order valence-corrected chi connectivity index (χ2v) is 6.02. The molecule has 23 heavy (non-hydrogen) atoms. The normalized spacial score (nSPS) is 14.4. The van der Waals surface area contributed by atoms with Crippen LogP contribution in [0, 0.1) is 5.92 Å². The largest absolute Gasteiger partial charge is 0.573 e. The van der Waals surface area contributed by atoms with Crippen LogP contribution in [0.15, 0.2) is 24.3 Å². The lowest BCUT2D eigenvalue weighted by atomic mass is 9.88. The van der Waals surface area contributed by atoms with Gasteiger partial charge in [-0.1, -0.05) is 26.0 Å². The Morgan fingerprint density at radius 1 is 1.26 bits per heavy atom. The third-order valence-electron chi connectivity index (χ3n) is 3.92. The van der Waals surface area contributed by atoms with Crippen LogP contribution in [0.5, 0.6) is 5.75 Å². The van der Waals surface area contributed by atoms with Crippen molar-refractivity contribution in [2.75, 3.05) is 6.54 Å². The molecular formula is C16H23F3N2O2. The molecule has 0 aliphatic heterocycles. The summed E-state index contributed by atoms with van der Waals surface area (Å²) in [6.07, 6.45) is -4.04. The minimum absolute atomic E-state index is 0.137. The Balaban J connectivity index is 2.53. The van der Waals surface area contributed by atoms with E-state index in [1.165, 1.54) is 24.3 Å². The highest BCUT2D eigenvalue weighted by molar-refractivity contribution is 5.77. The molecule has 3 N–H and O–H groups in total. The Hall–Kier alpha value is -1.76. The maximum Gasteiger partial charge on any atom is 0.573 e. The zero-order valence-corrected chi connectivity index (χ0v) is 13.5. The maximum absolute atomic E-state index is 12.1. The number of nitrogens with one attached hydrogen (secondary N) is 1. The summed E-state index contributed by atoms with van der Waals surface area (Å²) in [5, 5.41) is 2.92. The molecule has 130 valence electrons. The highest BCUT2D eigenvalue weighted by Gasteiger charge is 2.31. The molecule has 1 amide bonds. The van der Waals surface area contributed by atoms with Crippen molar-refractivity contribution in [3.05, 3.63) is 29.8 Å². The van der Waals surface area contributed by atoms with E-state index in [9.17, 15) is 18.0 Å². The summed E-state index contributed by atoms with van der Waals surface area (Å²) in [7, 11) is 0. The Morgan fingerprint density at radius 3 is 2.26 bits per heavy atom. The number of nitrogens with two attached hydrogens (primary N) is 1. The van der Waals surface area contributed by atoms with Gasteiger partial charge in [0.25, 0.3) is 0 Å². The van der Waals surface area contributed by atoms with Crippen LogP contribution >= 0.6 is 0 Å². The van der Waals surface area contributed by atoms with Crippen LogP contribution in [-0.4, -0.2) is 24.4 Å². The second kappa shape index (κ2) is 7.68. The number of carbonyl (C=O) groups excluding carboxylic acids is 1. The summed E-state index contributed by atoms with van der Waals surface area (Å²) in [5.74, 6) is -0.223. The first-order chi connectivity index (χ1) is 10.6. The van der Waals surface area contributed by atoms with Crippen molar-refractivity contribution in [1.82, 2.24) is 5.32 Å². The fourth-order valence-electron chi connectivity index (χ4n) is 1.93. The minimum Gasteiger partial charge on any atom is -0.406 e. The van der Waals surface area contributed by atoms with Crippen molar-refractivity contribution < 1.29 is 22.7 Å². The summed E-state index contributed by atoms with van der Waals surface area (Å²) >= 11 is 0. The highest BCUT2D eigenvalue weighted by Crippen LogP contribution is 2.23. The lowest BCUT2D eigenvalue weighted by Crippen LogP contribution is -2.55. The van der Waals surface area contributed by atoms with Crippen molar-refractivity contribution in [3.8, 4) is 5.75 Å². The van der Waals surface area contributed by atoms with E-state index in [2.05, 4.69) is 10.1 Å². The molecule has 0 radical (unpaired) electrons. The number of hydrogen-bond donors (Lipinski definition) is 2. The molecule has 0 aliphatic carbocycles. The number of amides is 1. The summed E-state index contributed by atoms with van der Waals surface area (Å²) < 4.78 is 40.0. The number of halogens is 3. The van der Waals surface area contributed by atoms with Gasteiger partial charge in [0.2, 0.25) is 5.91 Å². The van der Waals surface area contributed by atoms with Crippen molar-refractivity contribution in [2.45, 2.75) is 45.5 Å². The van der Waals surface area contributed by atoms with Crippen LogP contribution < -0.4 is 15.8 Å². The smallest absolute Gasteiger partial charge is 0.406 e. The zero-order valence-electron chi connectivity index (χ0n) is 13.5. The molecule has 0 bridgehead atoms. The summed E-state index contributed by atoms with van der Waals surface area (Å²) in [4.78, 5) is 12.0. The average Bonchev–Trinajstić information content (AvgIpc) is 2.44. The molecule has 0 aromatic heterocycles. The van der Waals surface area contributed by atoms with E-state index in [-0.39, 0.29) is 24.0 Å². The highest BCUT2D eigenvalue weighted by atomic mass is 19.4. The van der Waals surface area contributed by atoms with Gasteiger partial charge >= 0.3 is 6.36 Å². The number of alkyl halides is 3. The van der Waals surface area contributed by atoms with E-state index < -0.39 is 11.9 Å². The van der Waals surface area contributed by atoms with Crippen LogP contribution in [-0.2, 0) is 11.2 Å². The van der Waals surface area contributed by atoms with Gasteiger partial charge in [0, 0.05) is 13.0 Å². The van der Waals surface area contributed by atoms with Gasteiger partial charge in [0.05, 0.1) is 5.54 Å². The first kappa shape index (κ1) is 19.3. The first-order valence-corrected chi connectivity index (χ1v) is 7.41. The Kier molecular flexibility index (Phi) is 6.44.